The van der Waals surface area contributed by atoms with Crippen molar-refractivity contribution >= 4 is 16.9 Å². The Kier molecular flexibility index (Phi) is 5.37. The van der Waals surface area contributed by atoms with Gasteiger partial charge in [-0.1, -0.05) is 17.3 Å². The average molecular weight is 456 g/mol. The summed E-state index contributed by atoms with van der Waals surface area (Å²) in [6.45, 7) is 3.49. The van der Waals surface area contributed by atoms with Crippen molar-refractivity contribution in [3.8, 4) is 22.5 Å². The lowest BCUT2D eigenvalue weighted by Gasteiger charge is -2.12. The molecule has 1 atom stereocenters. The SMILES string of the molecule is Cc1noc([C@@H](C)NC(=O)c2cc(-c3ccc(F)cc3)c3nc(-c4ccncc4)n(C)c3c2)n1. The van der Waals surface area contributed by atoms with Crippen LogP contribution in [0.2, 0.25) is 0 Å². The van der Waals surface area contributed by atoms with Crippen LogP contribution in [0.25, 0.3) is 33.5 Å². The maximum atomic E-state index is 13.6. The molecule has 0 unspecified atom stereocenters. The largest absolute Gasteiger partial charge is 0.341 e. The summed E-state index contributed by atoms with van der Waals surface area (Å²) in [5, 5.41) is 6.68. The van der Waals surface area contributed by atoms with E-state index in [-0.39, 0.29) is 11.7 Å². The van der Waals surface area contributed by atoms with Gasteiger partial charge in [-0.3, -0.25) is 9.78 Å². The van der Waals surface area contributed by atoms with Crippen LogP contribution in [0, 0.1) is 12.7 Å². The number of carbonyl (C=O) groups excluding carboxylic acids is 1. The summed E-state index contributed by atoms with van der Waals surface area (Å²) in [5.74, 6) is 0.908. The number of rotatable bonds is 5. The second-order valence-electron chi connectivity index (χ2n) is 8.00. The van der Waals surface area contributed by atoms with E-state index in [4.69, 9.17) is 9.51 Å². The number of nitrogens with one attached hydrogen (secondary N) is 1. The fourth-order valence-corrected chi connectivity index (χ4v) is 3.86. The van der Waals surface area contributed by atoms with Crippen LogP contribution in [0.15, 0.2) is 65.4 Å². The monoisotopic (exact) mass is 456 g/mol. The molecule has 0 bridgehead atoms. The minimum absolute atomic E-state index is 0.305. The predicted octanol–water partition coefficient (Wildman–Crippen LogP) is 4.62. The molecular weight excluding hydrogens is 435 g/mol. The van der Waals surface area contributed by atoms with Gasteiger partial charge in [0.25, 0.3) is 5.91 Å². The highest BCUT2D eigenvalue weighted by molar-refractivity contribution is 6.03. The molecule has 8 nitrogen and oxygen atoms in total. The number of benzene rings is 2. The number of fused-ring (bicyclic) bond motifs is 1. The van der Waals surface area contributed by atoms with E-state index in [1.165, 1.54) is 12.1 Å². The number of aromatic nitrogens is 5. The van der Waals surface area contributed by atoms with Crippen molar-refractivity contribution in [3.63, 3.8) is 0 Å². The molecule has 0 saturated carbocycles. The summed E-state index contributed by atoms with van der Waals surface area (Å²) in [6, 6.07) is 13.0. The second kappa shape index (κ2) is 8.51. The molecule has 0 aliphatic heterocycles. The van der Waals surface area contributed by atoms with Crippen molar-refractivity contribution in [2.45, 2.75) is 19.9 Å². The Morgan fingerprint density at radius 2 is 1.79 bits per heavy atom. The van der Waals surface area contributed by atoms with E-state index in [0.29, 0.717) is 22.8 Å². The molecule has 5 rings (SSSR count). The Hall–Kier alpha value is -4.40. The summed E-state index contributed by atoms with van der Waals surface area (Å²) in [7, 11) is 1.89. The van der Waals surface area contributed by atoms with Gasteiger partial charge in [0, 0.05) is 36.1 Å². The van der Waals surface area contributed by atoms with Gasteiger partial charge < -0.3 is 14.4 Å². The molecule has 0 spiro atoms. The lowest BCUT2D eigenvalue weighted by molar-refractivity contribution is 0.0932. The number of imidazole rings is 1. The molecule has 3 heterocycles. The average Bonchev–Trinajstić information content (AvgIpc) is 3.43. The minimum atomic E-state index is -0.474. The molecule has 1 N–H and O–H groups in total. The topological polar surface area (TPSA) is 98.7 Å². The van der Waals surface area contributed by atoms with E-state index in [9.17, 15) is 9.18 Å². The highest BCUT2D eigenvalue weighted by Crippen LogP contribution is 2.33. The second-order valence-corrected chi connectivity index (χ2v) is 8.00. The maximum Gasteiger partial charge on any atom is 0.252 e. The number of hydrogen-bond acceptors (Lipinski definition) is 6. The van der Waals surface area contributed by atoms with E-state index >= 15 is 0 Å². The van der Waals surface area contributed by atoms with Crippen LogP contribution >= 0.6 is 0 Å². The third-order valence-electron chi connectivity index (χ3n) is 5.60. The van der Waals surface area contributed by atoms with E-state index in [0.717, 1.165) is 28.0 Å². The molecule has 3 aromatic heterocycles. The molecular formula is C25H21FN6O2. The lowest BCUT2D eigenvalue weighted by atomic mass is 10.0. The van der Waals surface area contributed by atoms with Crippen molar-refractivity contribution in [2.24, 2.45) is 7.05 Å². The molecule has 0 aliphatic rings. The number of nitrogens with zero attached hydrogens (tertiary/aromatic N) is 5. The third kappa shape index (κ3) is 3.92. The first kappa shape index (κ1) is 21.4. The van der Waals surface area contributed by atoms with Crippen LogP contribution in [0.4, 0.5) is 4.39 Å². The number of hydrogen-bond donors (Lipinski definition) is 1. The molecule has 0 saturated heterocycles. The van der Waals surface area contributed by atoms with Gasteiger partial charge >= 0.3 is 0 Å². The molecule has 5 aromatic rings. The molecule has 0 fully saturated rings. The summed E-state index contributed by atoms with van der Waals surface area (Å²) >= 11 is 0. The molecule has 34 heavy (non-hydrogen) atoms. The van der Waals surface area contributed by atoms with Crippen molar-refractivity contribution in [2.75, 3.05) is 0 Å². The number of amides is 1. The zero-order valence-corrected chi connectivity index (χ0v) is 18.8. The quantitative estimate of drug-likeness (QED) is 0.414. The smallest absolute Gasteiger partial charge is 0.252 e. The minimum Gasteiger partial charge on any atom is -0.341 e. The molecule has 0 radical (unpaired) electrons. The van der Waals surface area contributed by atoms with Gasteiger partial charge in [0.05, 0.1) is 11.0 Å². The van der Waals surface area contributed by atoms with E-state index in [1.807, 2.05) is 23.7 Å². The Balaban J connectivity index is 1.63. The van der Waals surface area contributed by atoms with Gasteiger partial charge in [0.15, 0.2) is 5.82 Å². The standard InChI is InChI=1S/C25H21FN6O2/c1-14(25-29-15(2)31-34-25)28-24(33)18-12-20(16-4-6-19(26)7-5-16)22-21(13-18)32(3)23(30-22)17-8-10-27-11-9-17/h4-14H,1-3H3,(H,28,33)/t14-/m1/s1. The van der Waals surface area contributed by atoms with Gasteiger partial charge in [-0.15, -0.1) is 0 Å². The number of halogens is 1. The fraction of sp³-hybridized carbons (Fsp3) is 0.160. The van der Waals surface area contributed by atoms with Crippen molar-refractivity contribution < 1.29 is 13.7 Å². The van der Waals surface area contributed by atoms with Crippen LogP contribution < -0.4 is 5.32 Å². The van der Waals surface area contributed by atoms with Crippen LogP contribution in [-0.2, 0) is 7.05 Å². The number of carbonyl (C=O) groups is 1. The summed E-state index contributed by atoms with van der Waals surface area (Å²) < 4.78 is 20.7. The van der Waals surface area contributed by atoms with Crippen LogP contribution in [0.3, 0.4) is 0 Å². The first-order valence-corrected chi connectivity index (χ1v) is 10.7. The van der Waals surface area contributed by atoms with E-state index < -0.39 is 6.04 Å². The number of aryl methyl sites for hydroxylation is 2. The van der Waals surface area contributed by atoms with Crippen LogP contribution in [0.1, 0.15) is 35.0 Å². The first-order chi connectivity index (χ1) is 16.4. The Morgan fingerprint density at radius 1 is 1.06 bits per heavy atom. The van der Waals surface area contributed by atoms with E-state index in [2.05, 4.69) is 20.4 Å². The first-order valence-electron chi connectivity index (χ1n) is 10.7. The van der Waals surface area contributed by atoms with Gasteiger partial charge in [0.2, 0.25) is 5.89 Å². The molecule has 170 valence electrons. The third-order valence-corrected chi connectivity index (χ3v) is 5.60. The van der Waals surface area contributed by atoms with Crippen molar-refractivity contribution in [1.82, 2.24) is 30.0 Å². The number of pyridine rings is 1. The van der Waals surface area contributed by atoms with Crippen LogP contribution in [-0.4, -0.2) is 30.6 Å². The Labute approximate surface area is 194 Å². The Morgan fingerprint density at radius 3 is 2.47 bits per heavy atom. The molecule has 1 amide bonds. The lowest BCUT2D eigenvalue weighted by Crippen LogP contribution is -2.27. The Bertz CT molecular complexity index is 1490. The summed E-state index contributed by atoms with van der Waals surface area (Å²) in [4.78, 5) is 26.3. The van der Waals surface area contributed by atoms with Crippen LogP contribution in [0.5, 0.6) is 0 Å². The van der Waals surface area contributed by atoms with Crippen molar-refractivity contribution in [1.29, 1.82) is 0 Å². The van der Waals surface area contributed by atoms with Gasteiger partial charge in [-0.25, -0.2) is 9.37 Å². The highest BCUT2D eigenvalue weighted by atomic mass is 19.1. The highest BCUT2D eigenvalue weighted by Gasteiger charge is 2.21. The summed E-state index contributed by atoms with van der Waals surface area (Å²) in [5.41, 5.74) is 4.27. The summed E-state index contributed by atoms with van der Waals surface area (Å²) in [6.07, 6.45) is 3.41. The molecule has 0 aliphatic carbocycles. The molecule has 9 heteroatoms. The predicted molar refractivity (Wildman–Crippen MR) is 124 cm³/mol. The fourth-order valence-electron chi connectivity index (χ4n) is 3.86. The van der Waals surface area contributed by atoms with Crippen molar-refractivity contribution in [3.05, 3.63) is 84.0 Å². The molecule has 2 aromatic carbocycles. The van der Waals surface area contributed by atoms with Gasteiger partial charge in [0.1, 0.15) is 17.7 Å². The maximum absolute atomic E-state index is 13.6. The zero-order chi connectivity index (χ0) is 23.8. The van der Waals surface area contributed by atoms with Gasteiger partial charge in [-0.05, 0) is 55.8 Å². The van der Waals surface area contributed by atoms with E-state index in [1.54, 1.807) is 50.5 Å². The zero-order valence-electron chi connectivity index (χ0n) is 18.8. The normalized spacial score (nSPS) is 12.1. The van der Waals surface area contributed by atoms with Gasteiger partial charge in [-0.2, -0.15) is 4.98 Å².